The van der Waals surface area contributed by atoms with Gasteiger partial charge >= 0.3 is 5.97 Å². The topological polar surface area (TPSA) is 68.3 Å². The summed E-state index contributed by atoms with van der Waals surface area (Å²) in [4.78, 5) is 10.7. The van der Waals surface area contributed by atoms with E-state index >= 15 is 0 Å². The van der Waals surface area contributed by atoms with E-state index in [4.69, 9.17) is 19.3 Å². The Morgan fingerprint density at radius 1 is 1.35 bits per heavy atom. The van der Waals surface area contributed by atoms with Gasteiger partial charge in [-0.25, -0.2) is 4.79 Å². The zero-order valence-electron chi connectivity index (χ0n) is 9.97. The van der Waals surface area contributed by atoms with Crippen LogP contribution in [-0.2, 0) is 9.53 Å². The third kappa shape index (κ3) is 2.74. The first-order valence-electron chi connectivity index (χ1n) is 4.78. The third-order valence-corrected chi connectivity index (χ3v) is 2.47. The van der Waals surface area contributed by atoms with Crippen LogP contribution in [0.3, 0.4) is 0 Å². The van der Waals surface area contributed by atoms with E-state index < -0.39 is 18.2 Å². The van der Waals surface area contributed by atoms with E-state index in [0.29, 0.717) is 17.1 Å². The number of ether oxygens (including phenoxy) is 3. The van der Waals surface area contributed by atoms with Crippen LogP contribution in [0.15, 0.2) is 18.2 Å². The Labute approximate surface area is 121 Å². The summed E-state index contributed by atoms with van der Waals surface area (Å²) in [5, 5.41) is 8.78. The summed E-state index contributed by atoms with van der Waals surface area (Å²) in [6.07, 6.45) is -1.22. The Kier molecular flexibility index (Phi) is 4.82. The maximum absolute atomic E-state index is 10.7. The van der Waals surface area contributed by atoms with E-state index in [1.54, 1.807) is 18.2 Å². The molecule has 0 amide bonds. The number of rotatable bonds is 4. The number of carbonyl (C=O) groups is 1. The quantitative estimate of drug-likeness (QED) is 0.631. The molecule has 1 fully saturated rings. The van der Waals surface area contributed by atoms with E-state index in [-0.39, 0.29) is 29.6 Å². The van der Waals surface area contributed by atoms with E-state index in [9.17, 15) is 4.79 Å². The van der Waals surface area contributed by atoms with E-state index in [1.165, 1.54) is 14.2 Å². The van der Waals surface area contributed by atoms with Crippen LogP contribution in [-0.4, -0.2) is 61.0 Å². The van der Waals surface area contributed by atoms with Crippen LogP contribution < -0.4 is 9.47 Å². The van der Waals surface area contributed by atoms with Crippen molar-refractivity contribution in [1.82, 2.24) is 0 Å². The van der Waals surface area contributed by atoms with E-state index in [0.717, 1.165) is 0 Å². The fraction of sp³-hybridized carbons (Fsp3) is 0.364. The van der Waals surface area contributed by atoms with Crippen LogP contribution in [0.1, 0.15) is 11.7 Å². The standard InChI is InChI=1S/C11H12O5.Na/c1-14-7-5-3-4-6(8(7)15-2)9-10(16-9)11(12)13;/h3-5,9-10H,1-2H3,(H,12,13);. The van der Waals surface area contributed by atoms with Gasteiger partial charge in [0.05, 0.1) is 14.2 Å². The number of methoxy groups -OCH3 is 2. The number of hydrogen-bond donors (Lipinski definition) is 1. The van der Waals surface area contributed by atoms with Crippen molar-refractivity contribution in [3.05, 3.63) is 23.8 Å². The molecule has 1 heterocycles. The van der Waals surface area contributed by atoms with Gasteiger partial charge in [-0.2, -0.15) is 0 Å². The van der Waals surface area contributed by atoms with E-state index in [1.807, 2.05) is 0 Å². The summed E-state index contributed by atoms with van der Waals surface area (Å²) in [6.45, 7) is 0. The predicted octanol–water partition coefficient (Wildman–Crippen LogP) is 0.847. The van der Waals surface area contributed by atoms with Crippen molar-refractivity contribution in [3.8, 4) is 11.5 Å². The van der Waals surface area contributed by atoms with Gasteiger partial charge in [-0.05, 0) is 6.07 Å². The van der Waals surface area contributed by atoms with Gasteiger partial charge in [0.25, 0.3) is 0 Å². The summed E-state index contributed by atoms with van der Waals surface area (Å²) < 4.78 is 15.4. The summed E-state index contributed by atoms with van der Waals surface area (Å²) in [7, 11) is 3.05. The number of epoxide rings is 1. The second kappa shape index (κ2) is 5.73. The van der Waals surface area contributed by atoms with Gasteiger partial charge in [0.15, 0.2) is 17.6 Å². The average Bonchev–Trinajstić information content (AvgIpc) is 3.07. The Morgan fingerprint density at radius 3 is 2.53 bits per heavy atom. The van der Waals surface area contributed by atoms with Crippen LogP contribution in [0.25, 0.3) is 0 Å². The Hall–Kier alpha value is -0.750. The second-order valence-electron chi connectivity index (χ2n) is 3.40. The number of benzene rings is 1. The zero-order chi connectivity index (χ0) is 11.7. The first-order valence-corrected chi connectivity index (χ1v) is 4.78. The number of aliphatic carboxylic acids is 1. The smallest absolute Gasteiger partial charge is 0.335 e. The van der Waals surface area contributed by atoms with Crippen LogP contribution in [0.2, 0.25) is 0 Å². The third-order valence-electron chi connectivity index (χ3n) is 2.47. The summed E-state index contributed by atoms with van der Waals surface area (Å²) in [6, 6.07) is 5.30. The minimum atomic E-state index is -0.963. The van der Waals surface area contributed by atoms with Gasteiger partial charge in [-0.15, -0.1) is 0 Å². The Morgan fingerprint density at radius 2 is 2.06 bits per heavy atom. The molecule has 6 heteroatoms. The van der Waals surface area contributed by atoms with Crippen molar-refractivity contribution in [2.45, 2.75) is 12.2 Å². The summed E-state index contributed by atoms with van der Waals surface area (Å²) in [5.41, 5.74) is 0.703. The molecule has 17 heavy (non-hydrogen) atoms. The van der Waals surface area contributed by atoms with Crippen molar-refractivity contribution in [2.24, 2.45) is 0 Å². The van der Waals surface area contributed by atoms with Gasteiger partial charge < -0.3 is 19.3 Å². The number of hydrogen-bond acceptors (Lipinski definition) is 4. The maximum atomic E-state index is 10.7. The van der Waals surface area contributed by atoms with Gasteiger partial charge in [0, 0.05) is 35.1 Å². The molecule has 0 bridgehead atoms. The molecule has 1 aliphatic heterocycles. The van der Waals surface area contributed by atoms with Crippen molar-refractivity contribution in [2.75, 3.05) is 14.2 Å². The second-order valence-corrected chi connectivity index (χ2v) is 3.40. The minimum Gasteiger partial charge on any atom is -0.493 e. The van der Waals surface area contributed by atoms with Crippen molar-refractivity contribution in [1.29, 1.82) is 0 Å². The first-order chi connectivity index (χ1) is 7.69. The van der Waals surface area contributed by atoms with E-state index in [2.05, 4.69) is 0 Å². The van der Waals surface area contributed by atoms with Gasteiger partial charge in [-0.3, -0.25) is 0 Å². The molecule has 87 valence electrons. The molecular weight excluding hydrogens is 235 g/mol. The molecule has 0 spiro atoms. The monoisotopic (exact) mass is 247 g/mol. The molecular formula is C11H12NaO5. The Balaban J connectivity index is 0.00000144. The molecule has 2 rings (SSSR count). The molecule has 1 aliphatic rings. The number of carboxylic acids is 1. The van der Waals surface area contributed by atoms with Crippen molar-refractivity contribution in [3.63, 3.8) is 0 Å². The molecule has 2 atom stereocenters. The SMILES string of the molecule is COc1cccc(C2OC2C(=O)O)c1OC.[Na]. The van der Waals surface area contributed by atoms with Gasteiger partial charge in [-0.1, -0.05) is 12.1 Å². The molecule has 0 aliphatic carbocycles. The van der Waals surface area contributed by atoms with Crippen LogP contribution in [0.5, 0.6) is 11.5 Å². The normalized spacial score (nSPS) is 21.3. The molecule has 1 aromatic rings. The summed E-state index contributed by atoms with van der Waals surface area (Å²) >= 11 is 0. The van der Waals surface area contributed by atoms with Gasteiger partial charge in [0.2, 0.25) is 0 Å². The van der Waals surface area contributed by atoms with Gasteiger partial charge in [0.1, 0.15) is 6.10 Å². The number of para-hydroxylation sites is 1. The molecule has 1 aromatic carbocycles. The minimum absolute atomic E-state index is 0. The molecule has 0 aromatic heterocycles. The fourth-order valence-electron chi connectivity index (χ4n) is 1.67. The molecule has 2 unspecified atom stereocenters. The van der Waals surface area contributed by atoms with Crippen LogP contribution in [0, 0.1) is 0 Å². The van der Waals surface area contributed by atoms with Crippen LogP contribution in [0.4, 0.5) is 0 Å². The zero-order valence-corrected chi connectivity index (χ0v) is 12.0. The molecule has 5 nitrogen and oxygen atoms in total. The first kappa shape index (κ1) is 14.3. The predicted molar refractivity (Wildman–Crippen MR) is 60.5 cm³/mol. The molecule has 1 radical (unpaired) electrons. The van der Waals surface area contributed by atoms with Crippen molar-refractivity contribution >= 4 is 35.5 Å². The molecule has 1 saturated heterocycles. The molecule has 1 N–H and O–H groups in total. The molecule has 0 saturated carbocycles. The van der Waals surface area contributed by atoms with Crippen molar-refractivity contribution < 1.29 is 24.1 Å². The largest absolute Gasteiger partial charge is 0.493 e. The Bertz CT molecular complexity index is 420. The summed E-state index contributed by atoms with van der Waals surface area (Å²) in [5.74, 6) is 0.133. The maximum Gasteiger partial charge on any atom is 0.335 e. The van der Waals surface area contributed by atoms with Crippen LogP contribution >= 0.6 is 0 Å². The number of carboxylic acid groups (broad SMARTS) is 1. The average molecular weight is 247 g/mol. The fourth-order valence-corrected chi connectivity index (χ4v) is 1.67.